The summed E-state index contributed by atoms with van der Waals surface area (Å²) in [7, 11) is 0. The van der Waals surface area contributed by atoms with E-state index in [-0.39, 0.29) is 49.0 Å². The molecule has 2 aromatic heterocycles. The summed E-state index contributed by atoms with van der Waals surface area (Å²) in [5.74, 6) is 1.19. The zero-order valence-corrected chi connectivity index (χ0v) is 20.8. The van der Waals surface area contributed by atoms with E-state index in [0.29, 0.717) is 35.4 Å². The molecular formula is C24H32ClN5O4. The smallest absolute Gasteiger partial charge is 0.242 e. The van der Waals surface area contributed by atoms with E-state index in [1.54, 1.807) is 6.07 Å². The van der Waals surface area contributed by atoms with Crippen molar-refractivity contribution in [1.82, 2.24) is 19.4 Å². The van der Waals surface area contributed by atoms with E-state index in [4.69, 9.17) is 20.0 Å². The Labute approximate surface area is 204 Å². The van der Waals surface area contributed by atoms with Crippen LogP contribution in [0.3, 0.4) is 0 Å². The minimum Gasteiger partial charge on any atom is -0.491 e. The Hall–Kier alpha value is -2.91. The van der Waals surface area contributed by atoms with Gasteiger partial charge in [0.1, 0.15) is 18.9 Å². The summed E-state index contributed by atoms with van der Waals surface area (Å²) in [5.41, 5.74) is 2.85. The Bertz CT molecular complexity index is 1240. The highest BCUT2D eigenvalue weighted by molar-refractivity contribution is 5.96. The predicted molar refractivity (Wildman–Crippen MR) is 129 cm³/mol. The van der Waals surface area contributed by atoms with Crippen LogP contribution in [-0.2, 0) is 12.0 Å². The van der Waals surface area contributed by atoms with Gasteiger partial charge in [0.05, 0.1) is 13.2 Å². The normalized spacial score (nSPS) is 13.6. The zero-order chi connectivity index (χ0) is 23.8. The van der Waals surface area contributed by atoms with Gasteiger partial charge in [-0.15, -0.1) is 22.6 Å². The van der Waals surface area contributed by atoms with Crippen molar-refractivity contribution in [3.63, 3.8) is 0 Å². The number of carbonyl (C=O) groups is 1. The number of hydrogen-bond donors (Lipinski definition) is 2. The summed E-state index contributed by atoms with van der Waals surface area (Å²) >= 11 is 0. The number of rotatable bonds is 9. The van der Waals surface area contributed by atoms with Gasteiger partial charge in [-0.05, 0) is 54.9 Å². The van der Waals surface area contributed by atoms with Gasteiger partial charge < -0.3 is 14.6 Å². The zero-order valence-electron chi connectivity index (χ0n) is 20.0. The molecule has 0 amide bonds. The fourth-order valence-electron chi connectivity index (χ4n) is 3.70. The van der Waals surface area contributed by atoms with Crippen LogP contribution >= 0.6 is 12.4 Å². The molecule has 2 N–H and O–H groups in total. The third kappa shape index (κ3) is 5.42. The van der Waals surface area contributed by atoms with Crippen LogP contribution < -0.4 is 15.1 Å². The molecule has 9 nitrogen and oxygen atoms in total. The van der Waals surface area contributed by atoms with Gasteiger partial charge in [-0.25, -0.2) is 4.68 Å². The summed E-state index contributed by atoms with van der Waals surface area (Å²) in [4.78, 5) is 13.2. The quantitative estimate of drug-likeness (QED) is 0.446. The first-order chi connectivity index (χ1) is 15.7. The number of aliphatic hydroxyl groups excluding tert-OH is 1. The minimum absolute atomic E-state index is 0. The van der Waals surface area contributed by atoms with Crippen molar-refractivity contribution in [3.05, 3.63) is 46.6 Å². The van der Waals surface area contributed by atoms with E-state index < -0.39 is 0 Å². The average molecular weight is 490 g/mol. The SMILES string of the molecule is CCOc1cc(C2CC2)c2nn(CC(=O)c3cc(OCCO)cc(C(C)(C)C)c3)c(=N)n2n1.Cl. The summed E-state index contributed by atoms with van der Waals surface area (Å²) in [5, 5.41) is 26.7. The molecular weight excluding hydrogens is 458 g/mol. The lowest BCUT2D eigenvalue weighted by Crippen LogP contribution is -2.26. The maximum absolute atomic E-state index is 13.2. The lowest BCUT2D eigenvalue weighted by molar-refractivity contribution is 0.0965. The van der Waals surface area contributed by atoms with Gasteiger partial charge in [0, 0.05) is 17.2 Å². The number of benzene rings is 1. The third-order valence-electron chi connectivity index (χ3n) is 5.65. The number of carbonyl (C=O) groups excluding carboxylic acids is 1. The first kappa shape index (κ1) is 25.7. The van der Waals surface area contributed by atoms with Crippen molar-refractivity contribution in [2.75, 3.05) is 19.8 Å². The van der Waals surface area contributed by atoms with Gasteiger partial charge >= 0.3 is 0 Å². The Kier molecular flexibility index (Phi) is 7.67. The van der Waals surface area contributed by atoms with Crippen LogP contribution in [0, 0.1) is 5.41 Å². The number of nitrogens with zero attached hydrogens (tertiary/aromatic N) is 4. The van der Waals surface area contributed by atoms with Crippen LogP contribution in [0.15, 0.2) is 24.3 Å². The number of aliphatic hydroxyl groups is 1. The molecule has 1 aromatic carbocycles. The molecule has 0 saturated heterocycles. The maximum atomic E-state index is 13.2. The van der Waals surface area contributed by atoms with Crippen molar-refractivity contribution in [1.29, 1.82) is 5.41 Å². The van der Waals surface area contributed by atoms with Crippen molar-refractivity contribution in [2.45, 2.75) is 58.4 Å². The molecule has 1 aliphatic rings. The van der Waals surface area contributed by atoms with Crippen molar-refractivity contribution in [3.8, 4) is 11.6 Å². The first-order valence-electron chi connectivity index (χ1n) is 11.3. The highest BCUT2D eigenvalue weighted by Crippen LogP contribution is 2.42. The number of fused-ring (bicyclic) bond motifs is 1. The fourth-order valence-corrected chi connectivity index (χ4v) is 3.70. The van der Waals surface area contributed by atoms with Crippen molar-refractivity contribution in [2.24, 2.45) is 0 Å². The number of ether oxygens (including phenoxy) is 2. The van der Waals surface area contributed by atoms with E-state index in [1.807, 2.05) is 25.1 Å². The number of hydrogen-bond acceptors (Lipinski definition) is 7. The summed E-state index contributed by atoms with van der Waals surface area (Å²) < 4.78 is 14.0. The van der Waals surface area contributed by atoms with Crippen LogP contribution in [0.4, 0.5) is 0 Å². The van der Waals surface area contributed by atoms with Crippen LogP contribution in [0.5, 0.6) is 11.6 Å². The Morgan fingerprint density at radius 3 is 2.53 bits per heavy atom. The molecule has 0 atom stereocenters. The number of halogens is 1. The van der Waals surface area contributed by atoms with Crippen LogP contribution in [-0.4, -0.2) is 50.1 Å². The number of Topliss-reactive ketones (excluding diaryl/α,β-unsaturated/α-hetero) is 1. The summed E-state index contributed by atoms with van der Waals surface area (Å²) in [6.45, 7) is 8.50. The molecule has 0 aliphatic heterocycles. The molecule has 0 spiro atoms. The van der Waals surface area contributed by atoms with Crippen LogP contribution in [0.1, 0.15) is 67.9 Å². The molecule has 3 aromatic rings. The summed E-state index contributed by atoms with van der Waals surface area (Å²) in [6.07, 6.45) is 2.14. The van der Waals surface area contributed by atoms with Crippen molar-refractivity contribution >= 4 is 23.8 Å². The Morgan fingerprint density at radius 1 is 1.18 bits per heavy atom. The standard InChI is InChI=1S/C24H31N5O4.ClH/c1-5-32-21-13-19(15-6-7-15)22-27-28(23(25)29(22)26-21)14-20(31)16-10-17(24(2,3)4)12-18(11-16)33-9-8-30;/h10-13,15,25,30H,5-9,14H2,1-4H3;1H. The molecule has 1 fully saturated rings. The molecule has 2 heterocycles. The van der Waals surface area contributed by atoms with E-state index in [1.165, 1.54) is 9.20 Å². The monoisotopic (exact) mass is 489 g/mol. The summed E-state index contributed by atoms with van der Waals surface area (Å²) in [6, 6.07) is 7.32. The molecule has 10 heteroatoms. The Morgan fingerprint density at radius 2 is 1.91 bits per heavy atom. The second-order valence-corrected chi connectivity index (χ2v) is 9.35. The average Bonchev–Trinajstić information content (AvgIpc) is 3.57. The predicted octanol–water partition coefficient (Wildman–Crippen LogP) is 3.26. The molecule has 0 radical (unpaired) electrons. The minimum atomic E-state index is -0.191. The van der Waals surface area contributed by atoms with Gasteiger partial charge in [0.2, 0.25) is 11.5 Å². The number of ketones is 1. The van der Waals surface area contributed by atoms with Crippen LogP contribution in [0.25, 0.3) is 5.65 Å². The first-order valence-corrected chi connectivity index (χ1v) is 11.3. The van der Waals surface area contributed by atoms with Gasteiger partial charge in [-0.2, -0.15) is 4.52 Å². The van der Waals surface area contributed by atoms with Gasteiger partial charge in [-0.1, -0.05) is 20.8 Å². The fraction of sp³-hybridized carbons (Fsp3) is 0.500. The van der Waals surface area contributed by atoms with E-state index in [9.17, 15) is 4.79 Å². The molecule has 4 rings (SSSR count). The van der Waals surface area contributed by atoms with E-state index in [2.05, 4.69) is 31.0 Å². The van der Waals surface area contributed by atoms with E-state index >= 15 is 0 Å². The van der Waals surface area contributed by atoms with Crippen molar-refractivity contribution < 1.29 is 19.4 Å². The second-order valence-electron chi connectivity index (χ2n) is 9.35. The highest BCUT2D eigenvalue weighted by atomic mass is 35.5. The van der Waals surface area contributed by atoms with E-state index in [0.717, 1.165) is 24.0 Å². The van der Waals surface area contributed by atoms with Gasteiger partial charge in [0.15, 0.2) is 11.4 Å². The lowest BCUT2D eigenvalue weighted by Gasteiger charge is -2.21. The molecule has 1 saturated carbocycles. The molecule has 1 aliphatic carbocycles. The third-order valence-corrected chi connectivity index (χ3v) is 5.65. The number of aromatic nitrogens is 4. The lowest BCUT2D eigenvalue weighted by atomic mass is 9.85. The molecule has 0 unspecified atom stereocenters. The van der Waals surface area contributed by atoms with Gasteiger partial charge in [-0.3, -0.25) is 10.2 Å². The molecule has 0 bridgehead atoms. The Balaban J connectivity index is 0.00000324. The topological polar surface area (TPSA) is 115 Å². The van der Waals surface area contributed by atoms with Gasteiger partial charge in [0.25, 0.3) is 0 Å². The molecule has 184 valence electrons. The van der Waals surface area contributed by atoms with Crippen LogP contribution in [0.2, 0.25) is 0 Å². The highest BCUT2D eigenvalue weighted by Gasteiger charge is 2.29. The maximum Gasteiger partial charge on any atom is 0.242 e. The molecule has 34 heavy (non-hydrogen) atoms. The second kappa shape index (κ2) is 10.1. The number of nitrogens with one attached hydrogen (secondary N) is 1. The largest absolute Gasteiger partial charge is 0.491 e.